The molecular weight excluding hydrogens is 292 g/mol. The lowest BCUT2D eigenvalue weighted by Gasteiger charge is -2.03. The van der Waals surface area contributed by atoms with Gasteiger partial charge in [-0.15, -0.1) is 0 Å². The van der Waals surface area contributed by atoms with E-state index in [9.17, 15) is 9.90 Å². The number of aromatic nitrogens is 1. The summed E-state index contributed by atoms with van der Waals surface area (Å²) < 4.78 is 4.93. The van der Waals surface area contributed by atoms with Gasteiger partial charge in [-0.2, -0.15) is 5.10 Å². The molecule has 7 nitrogen and oxygen atoms in total. The van der Waals surface area contributed by atoms with Crippen LogP contribution in [-0.2, 0) is 0 Å². The fourth-order valence-electron chi connectivity index (χ4n) is 1.63. The highest BCUT2D eigenvalue weighted by Gasteiger charge is 2.13. The minimum atomic E-state index is -0.379. The van der Waals surface area contributed by atoms with Gasteiger partial charge in [-0.05, 0) is 30.7 Å². The van der Waals surface area contributed by atoms with Gasteiger partial charge >= 0.3 is 0 Å². The minimum absolute atomic E-state index is 0.00106. The zero-order valence-electron chi connectivity index (χ0n) is 11.5. The largest absolute Gasteiger partial charge is 0.504 e. The quantitative estimate of drug-likeness (QED) is 0.586. The van der Waals surface area contributed by atoms with Crippen molar-refractivity contribution in [2.24, 2.45) is 5.10 Å². The second-order valence-electron chi connectivity index (χ2n) is 4.10. The van der Waals surface area contributed by atoms with Crippen LogP contribution in [0.2, 0.25) is 0 Å². The van der Waals surface area contributed by atoms with E-state index in [1.807, 2.05) is 0 Å². The number of nitrogens with one attached hydrogen (secondary N) is 1. The SMILES string of the molecule is COc1ccc(/C=N\NC(=O)c2sc(N)nc2C)cc1O. The Morgan fingerprint density at radius 1 is 1.57 bits per heavy atom. The van der Waals surface area contributed by atoms with Gasteiger partial charge in [0.25, 0.3) is 5.91 Å². The number of methoxy groups -OCH3 is 1. The van der Waals surface area contributed by atoms with E-state index >= 15 is 0 Å². The maximum absolute atomic E-state index is 11.9. The molecule has 0 bridgehead atoms. The van der Waals surface area contributed by atoms with E-state index in [0.29, 0.717) is 27.0 Å². The number of rotatable bonds is 4. The van der Waals surface area contributed by atoms with Crippen molar-refractivity contribution >= 4 is 28.6 Å². The third-order valence-electron chi connectivity index (χ3n) is 2.60. The average Bonchev–Trinajstić information content (AvgIpc) is 2.78. The number of carbonyl (C=O) groups is 1. The van der Waals surface area contributed by atoms with Crippen LogP contribution in [0, 0.1) is 6.92 Å². The van der Waals surface area contributed by atoms with E-state index < -0.39 is 0 Å². The smallest absolute Gasteiger partial charge is 0.283 e. The normalized spacial score (nSPS) is 10.8. The van der Waals surface area contributed by atoms with Crippen molar-refractivity contribution in [1.29, 1.82) is 0 Å². The molecule has 21 heavy (non-hydrogen) atoms. The Kier molecular flexibility index (Phi) is 4.39. The van der Waals surface area contributed by atoms with E-state index in [1.165, 1.54) is 19.4 Å². The molecule has 0 saturated carbocycles. The lowest BCUT2D eigenvalue weighted by Crippen LogP contribution is -2.17. The van der Waals surface area contributed by atoms with Gasteiger partial charge in [-0.1, -0.05) is 11.3 Å². The number of hydrogen-bond acceptors (Lipinski definition) is 7. The standard InChI is InChI=1S/C13H14N4O3S/c1-7-11(21-13(14)16-7)12(19)17-15-6-8-3-4-10(20-2)9(18)5-8/h3-6,18H,1-2H3,(H2,14,16)(H,17,19)/b15-6-. The van der Waals surface area contributed by atoms with E-state index in [-0.39, 0.29) is 11.7 Å². The van der Waals surface area contributed by atoms with Crippen molar-refractivity contribution in [2.45, 2.75) is 6.92 Å². The average molecular weight is 306 g/mol. The number of ether oxygens (including phenoxy) is 1. The topological polar surface area (TPSA) is 110 Å². The molecule has 110 valence electrons. The molecule has 0 aliphatic heterocycles. The number of amides is 1. The number of hydrazone groups is 1. The van der Waals surface area contributed by atoms with Crippen molar-refractivity contribution in [1.82, 2.24) is 10.4 Å². The second-order valence-corrected chi connectivity index (χ2v) is 5.13. The van der Waals surface area contributed by atoms with Crippen molar-refractivity contribution in [2.75, 3.05) is 12.8 Å². The maximum Gasteiger partial charge on any atom is 0.283 e. The lowest BCUT2D eigenvalue weighted by atomic mass is 10.2. The molecule has 0 fully saturated rings. The molecule has 0 aliphatic carbocycles. The van der Waals surface area contributed by atoms with Crippen LogP contribution in [0.1, 0.15) is 20.9 Å². The van der Waals surface area contributed by atoms with Crippen molar-refractivity contribution < 1.29 is 14.6 Å². The van der Waals surface area contributed by atoms with Crippen LogP contribution in [0.25, 0.3) is 0 Å². The Labute approximate surface area is 125 Å². The van der Waals surface area contributed by atoms with Gasteiger partial charge < -0.3 is 15.6 Å². The Balaban J connectivity index is 2.04. The predicted molar refractivity (Wildman–Crippen MR) is 81.0 cm³/mol. The summed E-state index contributed by atoms with van der Waals surface area (Å²) in [5.74, 6) is -0.0125. The highest BCUT2D eigenvalue weighted by Crippen LogP contribution is 2.25. The summed E-state index contributed by atoms with van der Waals surface area (Å²) in [6.07, 6.45) is 1.41. The first kappa shape index (κ1) is 14.8. The van der Waals surface area contributed by atoms with Crippen LogP contribution in [0.4, 0.5) is 5.13 Å². The van der Waals surface area contributed by atoms with E-state index in [2.05, 4.69) is 15.5 Å². The first-order valence-electron chi connectivity index (χ1n) is 5.94. The molecule has 0 radical (unpaired) electrons. The molecule has 0 aliphatic rings. The number of phenols is 1. The van der Waals surface area contributed by atoms with E-state index in [0.717, 1.165) is 11.3 Å². The Bertz CT molecular complexity index is 697. The molecule has 0 saturated heterocycles. The molecule has 1 aromatic carbocycles. The summed E-state index contributed by atoms with van der Waals surface area (Å²) in [4.78, 5) is 16.2. The van der Waals surface area contributed by atoms with Gasteiger partial charge in [-0.3, -0.25) is 4.79 Å². The summed E-state index contributed by atoms with van der Waals surface area (Å²) in [5, 5.41) is 13.8. The molecule has 2 rings (SSSR count). The third kappa shape index (κ3) is 3.48. The first-order chi connectivity index (χ1) is 10.0. The van der Waals surface area contributed by atoms with Gasteiger partial charge in [0.05, 0.1) is 19.0 Å². The van der Waals surface area contributed by atoms with Gasteiger partial charge in [0.15, 0.2) is 16.6 Å². The van der Waals surface area contributed by atoms with Crippen molar-refractivity contribution in [3.63, 3.8) is 0 Å². The zero-order valence-corrected chi connectivity index (χ0v) is 12.3. The molecule has 4 N–H and O–H groups in total. The Morgan fingerprint density at radius 3 is 2.90 bits per heavy atom. The van der Waals surface area contributed by atoms with E-state index in [1.54, 1.807) is 19.1 Å². The zero-order chi connectivity index (χ0) is 15.4. The second kappa shape index (κ2) is 6.23. The van der Waals surface area contributed by atoms with Crippen LogP contribution in [0.3, 0.4) is 0 Å². The molecule has 1 amide bonds. The van der Waals surface area contributed by atoms with Crippen molar-refractivity contribution in [3.05, 3.63) is 34.3 Å². The fraction of sp³-hybridized carbons (Fsp3) is 0.154. The maximum atomic E-state index is 11.9. The number of aromatic hydroxyl groups is 1. The number of nitrogens with zero attached hydrogens (tertiary/aromatic N) is 2. The fourth-order valence-corrected chi connectivity index (χ4v) is 2.35. The van der Waals surface area contributed by atoms with Crippen molar-refractivity contribution in [3.8, 4) is 11.5 Å². The van der Waals surface area contributed by atoms with Crippen LogP contribution >= 0.6 is 11.3 Å². The number of nitrogens with two attached hydrogens (primary N) is 1. The van der Waals surface area contributed by atoms with Gasteiger partial charge in [-0.25, -0.2) is 10.4 Å². The summed E-state index contributed by atoms with van der Waals surface area (Å²) in [7, 11) is 1.46. The lowest BCUT2D eigenvalue weighted by molar-refractivity contribution is 0.0958. The molecule has 2 aromatic rings. The number of carbonyl (C=O) groups excluding carboxylic acids is 1. The Hall–Kier alpha value is -2.61. The summed E-state index contributed by atoms with van der Waals surface area (Å²) >= 11 is 1.10. The number of nitrogen functional groups attached to an aromatic ring is 1. The number of aryl methyl sites for hydroxylation is 1. The molecule has 0 atom stereocenters. The number of phenolic OH excluding ortho intramolecular Hbond substituents is 1. The summed E-state index contributed by atoms with van der Waals surface area (Å²) in [5.41, 5.74) is 9.09. The highest BCUT2D eigenvalue weighted by atomic mass is 32.1. The summed E-state index contributed by atoms with van der Waals surface area (Å²) in [6.45, 7) is 1.70. The molecular formula is C13H14N4O3S. The molecule has 1 aromatic heterocycles. The third-order valence-corrected chi connectivity index (χ3v) is 3.59. The van der Waals surface area contributed by atoms with Crippen LogP contribution in [-0.4, -0.2) is 29.3 Å². The summed E-state index contributed by atoms with van der Waals surface area (Å²) in [6, 6.07) is 4.78. The molecule has 0 spiro atoms. The first-order valence-corrected chi connectivity index (χ1v) is 6.76. The minimum Gasteiger partial charge on any atom is -0.504 e. The monoisotopic (exact) mass is 306 g/mol. The van der Waals surface area contributed by atoms with Crippen LogP contribution in [0.5, 0.6) is 11.5 Å². The predicted octanol–water partition coefficient (Wildman–Crippen LogP) is 1.51. The van der Waals surface area contributed by atoms with Gasteiger partial charge in [0.2, 0.25) is 0 Å². The van der Waals surface area contributed by atoms with Crippen LogP contribution < -0.4 is 15.9 Å². The van der Waals surface area contributed by atoms with Crippen LogP contribution in [0.15, 0.2) is 23.3 Å². The number of benzene rings is 1. The van der Waals surface area contributed by atoms with Gasteiger partial charge in [0.1, 0.15) is 4.88 Å². The number of hydrogen-bond donors (Lipinski definition) is 3. The highest BCUT2D eigenvalue weighted by molar-refractivity contribution is 7.17. The molecule has 0 unspecified atom stereocenters. The Morgan fingerprint density at radius 2 is 2.33 bits per heavy atom. The van der Waals surface area contributed by atoms with Gasteiger partial charge in [0, 0.05) is 0 Å². The number of thiazole rings is 1. The molecule has 8 heteroatoms. The number of anilines is 1. The molecule has 1 heterocycles. The van der Waals surface area contributed by atoms with E-state index in [4.69, 9.17) is 10.5 Å².